The van der Waals surface area contributed by atoms with Gasteiger partial charge >= 0.3 is 0 Å². The van der Waals surface area contributed by atoms with E-state index in [0.29, 0.717) is 0 Å². The van der Waals surface area contributed by atoms with Gasteiger partial charge in [0.25, 0.3) is 0 Å². The van der Waals surface area contributed by atoms with Crippen molar-refractivity contribution in [2.45, 2.75) is 0 Å². The Bertz CT molecular complexity index is 1070. The summed E-state index contributed by atoms with van der Waals surface area (Å²) in [5, 5.41) is 4.84. The Morgan fingerprint density at radius 3 is 2.46 bits per heavy atom. The number of carbonyl (C=O) groups excluding carboxylic acids is 1. The predicted molar refractivity (Wildman–Crippen MR) is 113 cm³/mol. The predicted octanol–water partition coefficient (Wildman–Crippen LogP) is 5.80. The van der Waals surface area contributed by atoms with Crippen molar-refractivity contribution in [3.05, 3.63) is 88.0 Å². The number of halogens is 1. The van der Waals surface area contributed by atoms with Gasteiger partial charge < -0.3 is 0 Å². The Morgan fingerprint density at radius 2 is 1.67 bits per heavy atom. The molecule has 0 unspecified atom stereocenters. The molecule has 0 N–H and O–H groups in total. The third-order valence-corrected chi connectivity index (χ3v) is 5.96. The minimum Gasteiger partial charge on any atom is -0.289 e. The fraction of sp³-hybridized carbons (Fsp3) is 0. The second-order valence-corrected chi connectivity index (χ2v) is 7.67. The summed E-state index contributed by atoms with van der Waals surface area (Å²) in [4.78, 5) is 12.4. The second-order valence-electron chi connectivity index (χ2n) is 5.61. The van der Waals surface area contributed by atoms with Crippen LogP contribution in [-0.2, 0) is 4.79 Å². The summed E-state index contributed by atoms with van der Waals surface area (Å²) in [6.07, 6.45) is 7.53. The number of hydrogen-bond acceptors (Lipinski definition) is 1. The molecule has 3 aromatic rings. The summed E-state index contributed by atoms with van der Waals surface area (Å²) < 4.78 is 4.22. The molecule has 1 heterocycles. The van der Waals surface area contributed by atoms with Gasteiger partial charge in [0.05, 0.1) is 0 Å². The van der Waals surface area contributed by atoms with Crippen molar-refractivity contribution in [3.8, 4) is 0 Å². The minimum atomic E-state index is -0.107. The van der Waals surface area contributed by atoms with Gasteiger partial charge in [-0.2, -0.15) is 0 Å². The van der Waals surface area contributed by atoms with E-state index in [1.165, 1.54) is 21.5 Å². The molecule has 0 spiro atoms. The van der Waals surface area contributed by atoms with E-state index in [1.807, 2.05) is 30.4 Å². The highest BCUT2D eigenvalue weighted by atomic mass is 127. The smallest absolute Gasteiger partial charge is 0.186 e. The Hall–Kier alpha value is -2.33. The molecule has 0 saturated heterocycles. The van der Waals surface area contributed by atoms with Gasteiger partial charge in [-0.25, -0.2) is 0 Å². The molecule has 1 nitrogen and oxygen atoms in total. The van der Waals surface area contributed by atoms with Gasteiger partial charge in [0.15, 0.2) is 5.78 Å². The number of fused-ring (bicyclic) bond motifs is 3. The van der Waals surface area contributed by atoms with Crippen LogP contribution in [0.3, 0.4) is 0 Å². The average Bonchev–Trinajstić information content (AvgIpc) is 2.66. The molecule has 0 aliphatic carbocycles. The van der Waals surface area contributed by atoms with Crippen molar-refractivity contribution in [1.82, 2.24) is 0 Å². The zero-order valence-electron chi connectivity index (χ0n) is 12.9. The molecule has 2 heteroatoms. The van der Waals surface area contributed by atoms with Crippen molar-refractivity contribution in [1.29, 1.82) is 0 Å². The van der Waals surface area contributed by atoms with E-state index in [0.717, 1.165) is 11.1 Å². The first-order chi connectivity index (χ1) is 11.8. The maximum atomic E-state index is 12.4. The molecule has 24 heavy (non-hydrogen) atoms. The summed E-state index contributed by atoms with van der Waals surface area (Å²) >= 11 is -0.107. The Morgan fingerprint density at radius 1 is 0.917 bits per heavy atom. The Kier molecular flexibility index (Phi) is 4.22. The summed E-state index contributed by atoms with van der Waals surface area (Å²) in [5.41, 5.74) is 1.89. The zero-order valence-corrected chi connectivity index (χ0v) is 15.1. The van der Waals surface area contributed by atoms with Gasteiger partial charge in [0.2, 0.25) is 0 Å². The van der Waals surface area contributed by atoms with Crippen LogP contribution in [0.4, 0.5) is 0 Å². The highest BCUT2D eigenvalue weighted by Gasteiger charge is 2.06. The highest BCUT2D eigenvalue weighted by molar-refractivity contribution is 14.2. The molecule has 0 bridgehead atoms. The number of allylic oxidation sites excluding steroid dienone is 4. The van der Waals surface area contributed by atoms with Crippen LogP contribution in [0.2, 0.25) is 0 Å². The quantitative estimate of drug-likeness (QED) is 0.296. The molecule has 3 aromatic carbocycles. The van der Waals surface area contributed by atoms with Crippen LogP contribution in [0, 0.1) is 0 Å². The van der Waals surface area contributed by atoms with Crippen LogP contribution in [0.1, 0.15) is 5.56 Å². The van der Waals surface area contributed by atoms with Gasteiger partial charge in [0, 0.05) is 5.57 Å². The van der Waals surface area contributed by atoms with Gasteiger partial charge in [-0.3, -0.25) is 4.79 Å². The van der Waals surface area contributed by atoms with Crippen molar-refractivity contribution >= 4 is 58.1 Å². The van der Waals surface area contributed by atoms with Crippen LogP contribution in [0.15, 0.2) is 82.5 Å². The Labute approximate surface area is 150 Å². The fourth-order valence-corrected chi connectivity index (χ4v) is 4.50. The number of hydrogen-bond donors (Lipinski definition) is 0. The lowest BCUT2D eigenvalue weighted by Gasteiger charge is -2.07. The van der Waals surface area contributed by atoms with Crippen LogP contribution >= 0.6 is 20.7 Å². The van der Waals surface area contributed by atoms with Crippen LogP contribution in [0.25, 0.3) is 27.6 Å². The van der Waals surface area contributed by atoms with Crippen molar-refractivity contribution in [3.63, 3.8) is 0 Å². The molecular formula is C22H15IO. The lowest BCUT2D eigenvalue weighted by molar-refractivity contribution is -0.111. The van der Waals surface area contributed by atoms with Crippen LogP contribution in [-0.4, -0.2) is 9.79 Å². The third kappa shape index (κ3) is 2.89. The monoisotopic (exact) mass is 422 g/mol. The van der Waals surface area contributed by atoms with E-state index in [-0.39, 0.29) is 26.5 Å². The maximum Gasteiger partial charge on any atom is 0.186 e. The van der Waals surface area contributed by atoms with E-state index in [4.69, 9.17) is 0 Å². The number of rotatable bonds is 3. The largest absolute Gasteiger partial charge is 0.289 e. The molecule has 0 aromatic heterocycles. The number of ketones is 1. The molecule has 0 atom stereocenters. The summed E-state index contributed by atoms with van der Waals surface area (Å²) in [6.45, 7) is 0. The van der Waals surface area contributed by atoms with E-state index in [9.17, 15) is 4.79 Å². The van der Waals surface area contributed by atoms with Gasteiger partial charge in [0.1, 0.15) is 0 Å². The molecule has 0 radical (unpaired) electrons. The van der Waals surface area contributed by atoms with Crippen molar-refractivity contribution in [2.24, 2.45) is 0 Å². The molecule has 4 rings (SSSR count). The first-order valence-corrected chi connectivity index (χ1v) is 10.3. The van der Waals surface area contributed by atoms with E-state index in [1.54, 1.807) is 6.08 Å². The first kappa shape index (κ1) is 15.2. The fourth-order valence-electron chi connectivity index (χ4n) is 2.94. The molecule has 0 amide bonds. The molecule has 1 aliphatic heterocycles. The number of benzene rings is 3. The second kappa shape index (κ2) is 6.65. The third-order valence-electron chi connectivity index (χ3n) is 4.10. The molecular weight excluding hydrogens is 407 g/mol. The van der Waals surface area contributed by atoms with E-state index >= 15 is 0 Å². The summed E-state index contributed by atoms with van der Waals surface area (Å²) in [7, 11) is 0. The van der Waals surface area contributed by atoms with Gasteiger partial charge in [-0.1, -0.05) is 87.5 Å². The maximum absolute atomic E-state index is 12.4. The summed E-state index contributed by atoms with van der Waals surface area (Å²) in [6, 6.07) is 18.9. The van der Waals surface area contributed by atoms with E-state index < -0.39 is 0 Å². The summed E-state index contributed by atoms with van der Waals surface area (Å²) in [5.74, 6) is 0.0799. The average molecular weight is 422 g/mol. The highest BCUT2D eigenvalue weighted by Crippen LogP contribution is 2.29. The van der Waals surface area contributed by atoms with Gasteiger partial charge in [-0.15, -0.1) is 0 Å². The van der Waals surface area contributed by atoms with Crippen LogP contribution in [0.5, 0.6) is 0 Å². The number of carbonyl (C=O) groups is 1. The molecule has 116 valence electrons. The standard InChI is InChI=1S/C22H15IO/c24-22(18-7-5-13-23-15-18)12-11-17-14-16-6-1-2-8-19(16)21-10-4-3-9-20(17)21/h1-15H/b12-11+. The lowest BCUT2D eigenvalue weighted by atomic mass is 9.96. The molecule has 0 saturated carbocycles. The van der Waals surface area contributed by atoms with Crippen LogP contribution < -0.4 is 0 Å². The SMILES string of the molecule is O=C(/C=C/c1cc2ccccc2c2ccccc12)C1=CI=CC=C1. The van der Waals surface area contributed by atoms with E-state index in [2.05, 4.69) is 50.6 Å². The zero-order chi connectivity index (χ0) is 16.4. The minimum absolute atomic E-state index is 0.0799. The first-order valence-electron chi connectivity index (χ1n) is 7.78. The van der Waals surface area contributed by atoms with Crippen molar-refractivity contribution < 1.29 is 4.79 Å². The normalized spacial score (nSPS) is 14.1. The molecule has 1 aliphatic rings. The Balaban J connectivity index is 1.82. The lowest BCUT2D eigenvalue weighted by Crippen LogP contribution is -1.96. The van der Waals surface area contributed by atoms with Gasteiger partial charge in [-0.05, 0) is 47.3 Å². The van der Waals surface area contributed by atoms with Crippen molar-refractivity contribution in [2.75, 3.05) is 0 Å². The molecule has 0 fully saturated rings. The topological polar surface area (TPSA) is 17.1 Å².